The molecule has 0 spiro atoms. The van der Waals surface area contributed by atoms with Crippen molar-refractivity contribution in [2.24, 2.45) is 0 Å². The fourth-order valence-corrected chi connectivity index (χ4v) is 5.92. The van der Waals surface area contributed by atoms with E-state index in [4.69, 9.17) is 0 Å². The summed E-state index contributed by atoms with van der Waals surface area (Å²) in [7, 11) is -3.73. The molecular weight excluding hydrogens is 426 g/mol. The molecule has 0 saturated heterocycles. The van der Waals surface area contributed by atoms with E-state index in [1.807, 2.05) is 13.0 Å². The first-order valence-corrected chi connectivity index (χ1v) is 12.6. The highest BCUT2D eigenvalue weighted by atomic mass is 32.2. The molecule has 0 aromatic heterocycles. The van der Waals surface area contributed by atoms with Crippen LogP contribution in [0.1, 0.15) is 49.7 Å². The lowest BCUT2D eigenvalue weighted by Gasteiger charge is -2.31. The van der Waals surface area contributed by atoms with Crippen molar-refractivity contribution in [1.29, 1.82) is 0 Å². The first kappa shape index (κ1) is 22.3. The molecule has 170 valence electrons. The van der Waals surface area contributed by atoms with E-state index in [9.17, 15) is 18.0 Å². The lowest BCUT2D eigenvalue weighted by molar-refractivity contribution is -0.136. The predicted molar refractivity (Wildman–Crippen MR) is 124 cm³/mol. The normalized spacial score (nSPS) is 16.8. The van der Waals surface area contributed by atoms with E-state index in [0.29, 0.717) is 24.3 Å². The van der Waals surface area contributed by atoms with E-state index in [1.165, 1.54) is 4.31 Å². The van der Waals surface area contributed by atoms with Crippen LogP contribution in [0.5, 0.6) is 0 Å². The SMILES string of the molecule is Cc1ccc(S(=O)(=O)N2CCCc3ccc(NC(=O)C(=O)NC4CCCCC4)cc32)cc1. The van der Waals surface area contributed by atoms with E-state index >= 15 is 0 Å². The second-order valence-corrected chi connectivity index (χ2v) is 10.5. The molecule has 2 amide bonds. The Morgan fingerprint density at radius 1 is 0.938 bits per heavy atom. The van der Waals surface area contributed by atoms with Gasteiger partial charge in [-0.15, -0.1) is 0 Å². The summed E-state index contributed by atoms with van der Waals surface area (Å²) in [6.45, 7) is 2.27. The number of aryl methyl sites for hydroxylation is 2. The number of carbonyl (C=O) groups excluding carboxylic acids is 2. The number of rotatable bonds is 4. The Morgan fingerprint density at radius 3 is 2.38 bits per heavy atom. The van der Waals surface area contributed by atoms with Crippen molar-refractivity contribution >= 4 is 33.2 Å². The van der Waals surface area contributed by atoms with Crippen LogP contribution in [0.15, 0.2) is 47.4 Å². The lowest BCUT2D eigenvalue weighted by Crippen LogP contribution is -2.42. The largest absolute Gasteiger partial charge is 0.345 e. The van der Waals surface area contributed by atoms with E-state index in [0.717, 1.165) is 49.7 Å². The van der Waals surface area contributed by atoms with E-state index in [-0.39, 0.29) is 10.9 Å². The Kier molecular flexibility index (Phi) is 6.50. The van der Waals surface area contributed by atoms with Gasteiger partial charge in [-0.25, -0.2) is 8.42 Å². The van der Waals surface area contributed by atoms with Crippen LogP contribution < -0.4 is 14.9 Å². The van der Waals surface area contributed by atoms with Crippen LogP contribution in [-0.4, -0.2) is 32.8 Å². The number of hydrogen-bond acceptors (Lipinski definition) is 4. The van der Waals surface area contributed by atoms with Gasteiger partial charge in [0.05, 0.1) is 10.6 Å². The zero-order chi connectivity index (χ0) is 22.7. The number of carbonyl (C=O) groups is 2. The third-order valence-electron chi connectivity index (χ3n) is 6.17. The Bertz CT molecular complexity index is 1110. The van der Waals surface area contributed by atoms with Gasteiger partial charge in [0.1, 0.15) is 0 Å². The molecule has 0 unspecified atom stereocenters. The molecule has 1 aliphatic heterocycles. The smallest absolute Gasteiger partial charge is 0.313 e. The minimum absolute atomic E-state index is 0.0423. The molecule has 0 radical (unpaired) electrons. The number of anilines is 2. The molecule has 1 fully saturated rings. The molecule has 2 aromatic rings. The van der Waals surface area contributed by atoms with E-state index < -0.39 is 21.8 Å². The van der Waals surface area contributed by atoms with Crippen molar-refractivity contribution in [3.8, 4) is 0 Å². The maximum atomic E-state index is 13.3. The maximum Gasteiger partial charge on any atom is 0.313 e. The fraction of sp³-hybridized carbons (Fsp3) is 0.417. The molecule has 7 nitrogen and oxygen atoms in total. The number of nitrogens with zero attached hydrogens (tertiary/aromatic N) is 1. The zero-order valence-corrected chi connectivity index (χ0v) is 19.1. The van der Waals surface area contributed by atoms with Gasteiger partial charge in [0.2, 0.25) is 0 Å². The first-order valence-electron chi connectivity index (χ1n) is 11.2. The predicted octanol–water partition coefficient (Wildman–Crippen LogP) is 3.52. The Hall–Kier alpha value is -2.87. The highest BCUT2D eigenvalue weighted by Crippen LogP contribution is 2.34. The molecule has 0 atom stereocenters. The number of fused-ring (bicyclic) bond motifs is 1. The summed E-state index contributed by atoms with van der Waals surface area (Å²) >= 11 is 0. The van der Waals surface area contributed by atoms with Gasteiger partial charge in [-0.1, -0.05) is 43.0 Å². The zero-order valence-electron chi connectivity index (χ0n) is 18.3. The lowest BCUT2D eigenvalue weighted by atomic mass is 9.95. The maximum absolute atomic E-state index is 13.3. The molecule has 2 aliphatic rings. The van der Waals surface area contributed by atoms with Crippen molar-refractivity contribution in [3.05, 3.63) is 53.6 Å². The van der Waals surface area contributed by atoms with Gasteiger partial charge in [-0.2, -0.15) is 0 Å². The Balaban J connectivity index is 1.53. The van der Waals surface area contributed by atoms with Gasteiger partial charge < -0.3 is 10.6 Å². The van der Waals surface area contributed by atoms with Crippen LogP contribution >= 0.6 is 0 Å². The van der Waals surface area contributed by atoms with Gasteiger partial charge in [-0.3, -0.25) is 13.9 Å². The summed E-state index contributed by atoms with van der Waals surface area (Å²) < 4.78 is 28.0. The number of benzene rings is 2. The Morgan fingerprint density at radius 2 is 1.66 bits per heavy atom. The average Bonchev–Trinajstić information content (AvgIpc) is 2.79. The van der Waals surface area contributed by atoms with Crippen LogP contribution in [0.2, 0.25) is 0 Å². The van der Waals surface area contributed by atoms with Crippen molar-refractivity contribution < 1.29 is 18.0 Å². The highest BCUT2D eigenvalue weighted by Gasteiger charge is 2.29. The Labute approximate surface area is 189 Å². The van der Waals surface area contributed by atoms with Crippen molar-refractivity contribution in [2.45, 2.75) is 62.8 Å². The molecule has 4 rings (SSSR count). The second-order valence-electron chi connectivity index (χ2n) is 8.60. The third kappa shape index (κ3) is 4.80. The van der Waals surface area contributed by atoms with Gasteiger partial charge >= 0.3 is 11.8 Å². The van der Waals surface area contributed by atoms with Gasteiger partial charge in [0.15, 0.2) is 0 Å². The quantitative estimate of drug-likeness (QED) is 0.690. The van der Waals surface area contributed by atoms with Gasteiger partial charge in [-0.05, 0) is 62.4 Å². The standard InChI is InChI=1S/C24H29N3O4S/c1-17-9-13-21(14-10-17)32(30,31)27-15-5-6-18-11-12-20(16-22(18)27)26-24(29)23(28)25-19-7-3-2-4-8-19/h9-14,16,19H,2-8,15H2,1H3,(H,25,28)(H,26,29). The first-order chi connectivity index (χ1) is 15.3. The van der Waals surface area contributed by atoms with Crippen LogP contribution in [0.4, 0.5) is 11.4 Å². The van der Waals surface area contributed by atoms with Gasteiger partial charge in [0, 0.05) is 18.3 Å². The minimum atomic E-state index is -3.73. The minimum Gasteiger partial charge on any atom is -0.345 e. The van der Waals surface area contributed by atoms with E-state index in [2.05, 4.69) is 10.6 Å². The fourth-order valence-electron chi connectivity index (χ4n) is 4.39. The molecule has 32 heavy (non-hydrogen) atoms. The van der Waals surface area contributed by atoms with Crippen LogP contribution in [0, 0.1) is 6.92 Å². The monoisotopic (exact) mass is 455 g/mol. The van der Waals surface area contributed by atoms with E-state index in [1.54, 1.807) is 36.4 Å². The molecular formula is C24H29N3O4S. The molecule has 0 bridgehead atoms. The highest BCUT2D eigenvalue weighted by molar-refractivity contribution is 7.92. The number of hydrogen-bond donors (Lipinski definition) is 2. The average molecular weight is 456 g/mol. The summed E-state index contributed by atoms with van der Waals surface area (Å²) in [4.78, 5) is 25.0. The summed E-state index contributed by atoms with van der Waals surface area (Å²) in [6.07, 6.45) is 6.54. The number of sulfonamides is 1. The molecule has 8 heteroatoms. The summed E-state index contributed by atoms with van der Waals surface area (Å²) in [5, 5.41) is 5.43. The van der Waals surface area contributed by atoms with Gasteiger partial charge in [0.25, 0.3) is 10.0 Å². The summed E-state index contributed by atoms with van der Waals surface area (Å²) in [6, 6.07) is 12.0. The summed E-state index contributed by atoms with van der Waals surface area (Å²) in [5.74, 6) is -1.39. The van der Waals surface area contributed by atoms with Crippen LogP contribution in [-0.2, 0) is 26.0 Å². The second kappa shape index (κ2) is 9.32. The molecule has 1 aliphatic carbocycles. The van der Waals surface area contributed by atoms with Crippen LogP contribution in [0.3, 0.4) is 0 Å². The molecule has 1 heterocycles. The van der Waals surface area contributed by atoms with Crippen molar-refractivity contribution in [3.63, 3.8) is 0 Å². The molecule has 1 saturated carbocycles. The third-order valence-corrected chi connectivity index (χ3v) is 8.00. The molecule has 2 N–H and O–H groups in total. The van der Waals surface area contributed by atoms with Crippen molar-refractivity contribution in [1.82, 2.24) is 5.32 Å². The topological polar surface area (TPSA) is 95.6 Å². The van der Waals surface area contributed by atoms with Crippen molar-refractivity contribution in [2.75, 3.05) is 16.2 Å². The number of nitrogens with one attached hydrogen (secondary N) is 2. The summed E-state index contributed by atoms with van der Waals surface area (Å²) in [5.41, 5.74) is 2.83. The molecule has 2 aromatic carbocycles. The number of amides is 2. The van der Waals surface area contributed by atoms with Crippen LogP contribution in [0.25, 0.3) is 0 Å².